The number of carbonyl (C=O) groups excluding carboxylic acids is 1. The van der Waals surface area contributed by atoms with Crippen molar-refractivity contribution in [3.8, 4) is 5.75 Å². The van der Waals surface area contributed by atoms with Crippen LogP contribution in [0.25, 0.3) is 0 Å². The molecule has 1 aromatic rings. The number of aliphatic carboxylic acids is 1. The van der Waals surface area contributed by atoms with Gasteiger partial charge in [-0.05, 0) is 31.0 Å². The van der Waals surface area contributed by atoms with Crippen molar-refractivity contribution in [2.24, 2.45) is 5.41 Å². The van der Waals surface area contributed by atoms with E-state index in [2.05, 4.69) is 0 Å². The fourth-order valence-electron chi connectivity index (χ4n) is 2.49. The fourth-order valence-corrected chi connectivity index (χ4v) is 2.67. The van der Waals surface area contributed by atoms with Gasteiger partial charge in [0.15, 0.2) is 6.61 Å². The van der Waals surface area contributed by atoms with Gasteiger partial charge in [-0.3, -0.25) is 9.59 Å². The molecule has 21 heavy (non-hydrogen) atoms. The first-order valence-corrected chi connectivity index (χ1v) is 7.24. The zero-order valence-corrected chi connectivity index (χ0v) is 12.6. The summed E-state index contributed by atoms with van der Waals surface area (Å²) in [6.07, 6.45) is 1.00. The van der Waals surface area contributed by atoms with Gasteiger partial charge in [0.05, 0.1) is 5.41 Å². The van der Waals surface area contributed by atoms with E-state index in [1.54, 1.807) is 29.2 Å². The van der Waals surface area contributed by atoms with Gasteiger partial charge >= 0.3 is 5.97 Å². The number of carboxylic acid groups (broad SMARTS) is 1. The van der Waals surface area contributed by atoms with E-state index in [9.17, 15) is 14.7 Å². The Kier molecular flexibility index (Phi) is 4.73. The summed E-state index contributed by atoms with van der Waals surface area (Å²) in [6.45, 7) is 2.43. The second-order valence-corrected chi connectivity index (χ2v) is 5.69. The molecular formula is C15H18ClNO4. The van der Waals surface area contributed by atoms with E-state index in [0.717, 1.165) is 0 Å². The molecule has 0 spiro atoms. The average Bonchev–Trinajstić information content (AvgIpc) is 2.91. The number of halogens is 1. The topological polar surface area (TPSA) is 66.8 Å². The Morgan fingerprint density at radius 2 is 2.24 bits per heavy atom. The minimum Gasteiger partial charge on any atom is -0.484 e. The van der Waals surface area contributed by atoms with Gasteiger partial charge in [-0.25, -0.2) is 0 Å². The Bertz CT molecular complexity index is 548. The third-order valence-corrected chi connectivity index (χ3v) is 4.23. The van der Waals surface area contributed by atoms with Crippen molar-refractivity contribution in [3.63, 3.8) is 0 Å². The molecular weight excluding hydrogens is 294 g/mol. The van der Waals surface area contributed by atoms with Crippen molar-refractivity contribution in [1.82, 2.24) is 4.90 Å². The molecule has 0 aromatic heterocycles. The first kappa shape index (κ1) is 15.6. The molecule has 0 bridgehead atoms. The van der Waals surface area contributed by atoms with Crippen LogP contribution in [-0.2, 0) is 9.59 Å². The number of likely N-dealkylation sites (tertiary alicyclic amines) is 1. The molecule has 2 rings (SSSR count). The molecule has 0 saturated carbocycles. The van der Waals surface area contributed by atoms with Gasteiger partial charge in [0.1, 0.15) is 5.75 Å². The molecule has 5 nitrogen and oxygen atoms in total. The second-order valence-electron chi connectivity index (χ2n) is 5.25. The van der Waals surface area contributed by atoms with Crippen LogP contribution in [0.5, 0.6) is 5.75 Å². The van der Waals surface area contributed by atoms with Gasteiger partial charge in [-0.15, -0.1) is 0 Å². The van der Waals surface area contributed by atoms with Crippen molar-refractivity contribution in [1.29, 1.82) is 0 Å². The van der Waals surface area contributed by atoms with E-state index in [4.69, 9.17) is 16.3 Å². The fraction of sp³-hybridized carbons (Fsp3) is 0.467. The maximum absolute atomic E-state index is 12.1. The largest absolute Gasteiger partial charge is 0.484 e. The van der Waals surface area contributed by atoms with Crippen LogP contribution in [0.4, 0.5) is 0 Å². The summed E-state index contributed by atoms with van der Waals surface area (Å²) in [5, 5.41) is 9.86. The highest BCUT2D eigenvalue weighted by molar-refractivity contribution is 6.30. The van der Waals surface area contributed by atoms with Crippen LogP contribution in [0, 0.1) is 5.41 Å². The maximum Gasteiger partial charge on any atom is 0.311 e. The zero-order valence-electron chi connectivity index (χ0n) is 11.8. The lowest BCUT2D eigenvalue weighted by Gasteiger charge is -2.23. The number of hydrogen-bond donors (Lipinski definition) is 1. The number of carboxylic acids is 1. The predicted molar refractivity (Wildman–Crippen MR) is 78.5 cm³/mol. The predicted octanol–water partition coefficient (Wildman–Crippen LogP) is 2.43. The molecule has 1 fully saturated rings. The highest BCUT2D eigenvalue weighted by Crippen LogP contribution is 2.34. The van der Waals surface area contributed by atoms with Crippen molar-refractivity contribution in [3.05, 3.63) is 29.3 Å². The van der Waals surface area contributed by atoms with Gasteiger partial charge in [-0.1, -0.05) is 24.6 Å². The highest BCUT2D eigenvalue weighted by atomic mass is 35.5. The lowest BCUT2D eigenvalue weighted by Crippen LogP contribution is -2.38. The summed E-state index contributed by atoms with van der Waals surface area (Å²) < 4.78 is 5.40. The molecule has 0 radical (unpaired) electrons. The summed E-state index contributed by atoms with van der Waals surface area (Å²) in [5.41, 5.74) is -0.814. The summed E-state index contributed by atoms with van der Waals surface area (Å²) >= 11 is 5.84. The summed E-state index contributed by atoms with van der Waals surface area (Å²) in [5.74, 6) is -0.516. The first-order valence-electron chi connectivity index (χ1n) is 6.86. The number of ether oxygens (including phenoxy) is 1. The molecule has 1 aliphatic rings. The quantitative estimate of drug-likeness (QED) is 0.907. The minimum atomic E-state index is -0.837. The third kappa shape index (κ3) is 3.47. The molecule has 1 atom stereocenters. The molecule has 1 aromatic carbocycles. The molecule has 114 valence electrons. The maximum atomic E-state index is 12.1. The van der Waals surface area contributed by atoms with E-state index in [1.807, 2.05) is 6.92 Å². The molecule has 1 N–H and O–H groups in total. The van der Waals surface area contributed by atoms with Crippen LogP contribution in [0.1, 0.15) is 19.8 Å². The second kappa shape index (κ2) is 6.35. The van der Waals surface area contributed by atoms with E-state index >= 15 is 0 Å². The van der Waals surface area contributed by atoms with Crippen LogP contribution in [-0.4, -0.2) is 41.6 Å². The van der Waals surface area contributed by atoms with Crippen LogP contribution in [0.15, 0.2) is 24.3 Å². The van der Waals surface area contributed by atoms with Crippen LogP contribution in [0.2, 0.25) is 5.02 Å². The number of benzene rings is 1. The number of amides is 1. The number of hydrogen-bond acceptors (Lipinski definition) is 3. The van der Waals surface area contributed by atoms with Crippen molar-refractivity contribution in [2.45, 2.75) is 19.8 Å². The summed E-state index contributed by atoms with van der Waals surface area (Å²) in [6, 6.07) is 6.81. The van der Waals surface area contributed by atoms with Gasteiger partial charge in [0.25, 0.3) is 5.91 Å². The van der Waals surface area contributed by atoms with E-state index in [1.165, 1.54) is 0 Å². The minimum absolute atomic E-state index is 0.111. The number of rotatable bonds is 5. The highest BCUT2D eigenvalue weighted by Gasteiger charge is 2.44. The van der Waals surface area contributed by atoms with Crippen molar-refractivity contribution < 1.29 is 19.4 Å². The molecule has 1 aliphatic heterocycles. The Labute approximate surface area is 128 Å². The molecule has 1 saturated heterocycles. The summed E-state index contributed by atoms with van der Waals surface area (Å²) in [7, 11) is 0. The van der Waals surface area contributed by atoms with E-state index in [-0.39, 0.29) is 19.1 Å². The third-order valence-electron chi connectivity index (χ3n) is 4.00. The van der Waals surface area contributed by atoms with E-state index in [0.29, 0.717) is 30.2 Å². The SMILES string of the molecule is CCC1(C(=O)O)CCN(C(=O)COc2cccc(Cl)c2)C1. The Morgan fingerprint density at radius 1 is 1.48 bits per heavy atom. The smallest absolute Gasteiger partial charge is 0.311 e. The lowest BCUT2D eigenvalue weighted by molar-refractivity contribution is -0.148. The Hall–Kier alpha value is -1.75. The monoisotopic (exact) mass is 311 g/mol. The zero-order chi connectivity index (χ0) is 15.5. The number of carbonyl (C=O) groups is 2. The normalized spacial score (nSPS) is 21.3. The van der Waals surface area contributed by atoms with Gasteiger partial charge in [-0.2, -0.15) is 0 Å². The lowest BCUT2D eigenvalue weighted by atomic mass is 9.84. The first-order chi connectivity index (χ1) is 9.97. The van der Waals surface area contributed by atoms with Crippen molar-refractivity contribution >= 4 is 23.5 Å². The number of nitrogens with zero attached hydrogens (tertiary/aromatic N) is 1. The molecule has 1 unspecified atom stereocenters. The average molecular weight is 312 g/mol. The van der Waals surface area contributed by atoms with Gasteiger partial charge in [0.2, 0.25) is 0 Å². The molecule has 0 aliphatic carbocycles. The van der Waals surface area contributed by atoms with Crippen LogP contribution in [0.3, 0.4) is 0 Å². The molecule has 1 amide bonds. The van der Waals surface area contributed by atoms with Crippen LogP contribution >= 0.6 is 11.6 Å². The van der Waals surface area contributed by atoms with Crippen molar-refractivity contribution in [2.75, 3.05) is 19.7 Å². The van der Waals surface area contributed by atoms with Crippen LogP contribution < -0.4 is 4.74 Å². The van der Waals surface area contributed by atoms with Gasteiger partial charge in [0, 0.05) is 18.1 Å². The molecule has 1 heterocycles. The molecule has 6 heteroatoms. The Balaban J connectivity index is 1.92. The van der Waals surface area contributed by atoms with E-state index < -0.39 is 11.4 Å². The van der Waals surface area contributed by atoms with Gasteiger partial charge < -0.3 is 14.7 Å². The standard InChI is InChI=1S/C15H18ClNO4/c1-2-15(14(19)20)6-7-17(10-15)13(18)9-21-12-5-3-4-11(16)8-12/h3-5,8H,2,6-7,9-10H2,1H3,(H,19,20). The summed E-state index contributed by atoms with van der Waals surface area (Å²) in [4.78, 5) is 25.0. The Morgan fingerprint density at radius 3 is 2.81 bits per heavy atom.